The fraction of sp³-hybridized carbons (Fsp3) is 0.333. The predicted octanol–water partition coefficient (Wildman–Crippen LogP) is 0.131. The standard InChI is InChI=1S/C12H16N6O/c1-3-14-6-9-7-15-12(16-8-9)18-5-4-10(17-18)11(19)13-2/h4-5,7-8,14H,3,6H2,1-2H3,(H,13,19). The molecule has 19 heavy (non-hydrogen) atoms. The fourth-order valence-corrected chi connectivity index (χ4v) is 1.51. The van der Waals surface area contributed by atoms with Crippen molar-refractivity contribution >= 4 is 5.91 Å². The molecule has 0 bridgehead atoms. The van der Waals surface area contributed by atoms with Gasteiger partial charge in [0, 0.05) is 37.7 Å². The first-order chi connectivity index (χ1) is 9.24. The van der Waals surface area contributed by atoms with Crippen LogP contribution in [0.4, 0.5) is 0 Å². The van der Waals surface area contributed by atoms with Gasteiger partial charge in [-0.05, 0) is 12.6 Å². The second-order valence-electron chi connectivity index (χ2n) is 3.90. The maximum absolute atomic E-state index is 11.4. The van der Waals surface area contributed by atoms with Gasteiger partial charge < -0.3 is 10.6 Å². The van der Waals surface area contributed by atoms with E-state index in [1.54, 1.807) is 31.7 Å². The third-order valence-electron chi connectivity index (χ3n) is 2.52. The molecule has 0 aromatic carbocycles. The van der Waals surface area contributed by atoms with Gasteiger partial charge >= 0.3 is 0 Å². The molecule has 2 aromatic heterocycles. The maximum atomic E-state index is 11.4. The van der Waals surface area contributed by atoms with Gasteiger partial charge in [-0.15, -0.1) is 0 Å². The van der Waals surface area contributed by atoms with Crippen molar-refractivity contribution in [2.45, 2.75) is 13.5 Å². The molecule has 0 aliphatic carbocycles. The van der Waals surface area contributed by atoms with Crippen LogP contribution >= 0.6 is 0 Å². The van der Waals surface area contributed by atoms with Crippen molar-refractivity contribution in [3.8, 4) is 5.95 Å². The number of nitrogens with one attached hydrogen (secondary N) is 2. The van der Waals surface area contributed by atoms with Crippen molar-refractivity contribution in [3.05, 3.63) is 35.9 Å². The van der Waals surface area contributed by atoms with Crippen LogP contribution in [0, 0.1) is 0 Å². The fourth-order valence-electron chi connectivity index (χ4n) is 1.51. The van der Waals surface area contributed by atoms with E-state index in [0.717, 1.165) is 18.7 Å². The summed E-state index contributed by atoms with van der Waals surface area (Å²) in [6.07, 6.45) is 5.14. The average Bonchev–Trinajstić information content (AvgIpc) is 2.94. The first-order valence-corrected chi connectivity index (χ1v) is 6.04. The van der Waals surface area contributed by atoms with Gasteiger partial charge in [0.25, 0.3) is 5.91 Å². The molecule has 0 spiro atoms. The minimum Gasteiger partial charge on any atom is -0.354 e. The zero-order valence-corrected chi connectivity index (χ0v) is 10.9. The van der Waals surface area contributed by atoms with E-state index in [2.05, 4.69) is 25.7 Å². The number of nitrogens with zero attached hydrogens (tertiary/aromatic N) is 4. The van der Waals surface area contributed by atoms with Crippen molar-refractivity contribution in [1.29, 1.82) is 0 Å². The van der Waals surface area contributed by atoms with Crippen molar-refractivity contribution in [2.24, 2.45) is 0 Å². The minimum absolute atomic E-state index is 0.234. The van der Waals surface area contributed by atoms with Crippen molar-refractivity contribution < 1.29 is 4.79 Å². The molecular weight excluding hydrogens is 244 g/mol. The molecule has 0 saturated carbocycles. The smallest absolute Gasteiger partial charge is 0.271 e. The molecule has 2 heterocycles. The van der Waals surface area contributed by atoms with Gasteiger partial charge in [-0.25, -0.2) is 14.6 Å². The minimum atomic E-state index is -0.234. The Balaban J connectivity index is 2.13. The number of rotatable bonds is 5. The van der Waals surface area contributed by atoms with Crippen molar-refractivity contribution in [2.75, 3.05) is 13.6 Å². The molecule has 2 aromatic rings. The summed E-state index contributed by atoms with van der Waals surface area (Å²) >= 11 is 0. The number of amides is 1. The number of hydrogen-bond donors (Lipinski definition) is 2. The Morgan fingerprint density at radius 1 is 1.37 bits per heavy atom. The highest BCUT2D eigenvalue weighted by Crippen LogP contribution is 2.03. The molecule has 100 valence electrons. The summed E-state index contributed by atoms with van der Waals surface area (Å²) in [6, 6.07) is 1.62. The molecule has 0 unspecified atom stereocenters. The lowest BCUT2D eigenvalue weighted by Crippen LogP contribution is -2.18. The summed E-state index contributed by atoms with van der Waals surface area (Å²) < 4.78 is 1.47. The molecule has 2 N–H and O–H groups in total. The lowest BCUT2D eigenvalue weighted by Gasteiger charge is -2.02. The molecule has 2 rings (SSSR count). The van der Waals surface area contributed by atoms with Crippen LogP contribution in [0.1, 0.15) is 23.0 Å². The van der Waals surface area contributed by atoms with Gasteiger partial charge in [0.1, 0.15) is 0 Å². The van der Waals surface area contributed by atoms with Gasteiger partial charge in [0.05, 0.1) is 0 Å². The number of aromatic nitrogens is 4. The molecule has 0 fully saturated rings. The molecule has 0 saturated heterocycles. The zero-order valence-electron chi connectivity index (χ0n) is 10.9. The highest BCUT2D eigenvalue weighted by atomic mass is 16.1. The second kappa shape index (κ2) is 6.05. The van der Waals surface area contributed by atoms with E-state index in [9.17, 15) is 4.79 Å². The van der Waals surface area contributed by atoms with Crippen LogP contribution < -0.4 is 10.6 Å². The van der Waals surface area contributed by atoms with Gasteiger partial charge in [0.2, 0.25) is 5.95 Å². The first-order valence-electron chi connectivity index (χ1n) is 6.04. The monoisotopic (exact) mass is 260 g/mol. The Morgan fingerprint density at radius 2 is 2.11 bits per heavy atom. The molecule has 0 aliphatic rings. The number of hydrogen-bond acceptors (Lipinski definition) is 5. The number of carbonyl (C=O) groups excluding carboxylic acids is 1. The molecule has 7 heteroatoms. The van der Waals surface area contributed by atoms with E-state index in [-0.39, 0.29) is 5.91 Å². The largest absolute Gasteiger partial charge is 0.354 e. The van der Waals surface area contributed by atoms with Crippen LogP contribution in [-0.4, -0.2) is 39.2 Å². The summed E-state index contributed by atoms with van der Waals surface area (Å²) in [5, 5.41) is 9.82. The summed E-state index contributed by atoms with van der Waals surface area (Å²) in [6.45, 7) is 3.68. The van der Waals surface area contributed by atoms with Crippen LogP contribution in [0.25, 0.3) is 5.95 Å². The van der Waals surface area contributed by atoms with E-state index in [0.29, 0.717) is 11.6 Å². The van der Waals surface area contributed by atoms with E-state index >= 15 is 0 Å². The van der Waals surface area contributed by atoms with Gasteiger partial charge in [-0.1, -0.05) is 6.92 Å². The highest BCUT2D eigenvalue weighted by Gasteiger charge is 2.09. The third kappa shape index (κ3) is 3.14. The Kier molecular flexibility index (Phi) is 4.19. The topological polar surface area (TPSA) is 84.7 Å². The van der Waals surface area contributed by atoms with Crippen molar-refractivity contribution in [1.82, 2.24) is 30.4 Å². The third-order valence-corrected chi connectivity index (χ3v) is 2.52. The van der Waals surface area contributed by atoms with E-state index in [1.807, 2.05) is 6.92 Å². The van der Waals surface area contributed by atoms with Crippen LogP contribution in [-0.2, 0) is 6.54 Å². The Hall–Kier alpha value is -2.28. The van der Waals surface area contributed by atoms with Crippen molar-refractivity contribution in [3.63, 3.8) is 0 Å². The summed E-state index contributed by atoms with van der Waals surface area (Å²) in [5.41, 5.74) is 1.34. The van der Waals surface area contributed by atoms with Gasteiger partial charge in [-0.3, -0.25) is 4.79 Å². The Labute approximate surface area is 111 Å². The van der Waals surface area contributed by atoms with Crippen LogP contribution in [0.3, 0.4) is 0 Å². The van der Waals surface area contributed by atoms with E-state index in [1.165, 1.54) is 4.68 Å². The van der Waals surface area contributed by atoms with Gasteiger partial charge in [-0.2, -0.15) is 5.10 Å². The van der Waals surface area contributed by atoms with E-state index < -0.39 is 0 Å². The maximum Gasteiger partial charge on any atom is 0.271 e. The number of carbonyl (C=O) groups is 1. The lowest BCUT2D eigenvalue weighted by atomic mass is 10.3. The summed E-state index contributed by atoms with van der Waals surface area (Å²) in [4.78, 5) is 19.8. The molecule has 7 nitrogen and oxygen atoms in total. The van der Waals surface area contributed by atoms with Gasteiger partial charge in [0.15, 0.2) is 5.69 Å². The van der Waals surface area contributed by atoms with E-state index in [4.69, 9.17) is 0 Å². The summed E-state index contributed by atoms with van der Waals surface area (Å²) in [7, 11) is 1.56. The predicted molar refractivity (Wildman–Crippen MR) is 69.9 cm³/mol. The Morgan fingerprint density at radius 3 is 2.74 bits per heavy atom. The molecular formula is C12H16N6O. The molecule has 0 radical (unpaired) electrons. The highest BCUT2D eigenvalue weighted by molar-refractivity contribution is 5.91. The summed E-state index contributed by atoms with van der Waals surface area (Å²) in [5.74, 6) is 0.206. The van der Waals surface area contributed by atoms with Crippen LogP contribution in [0.15, 0.2) is 24.7 Å². The van der Waals surface area contributed by atoms with Crippen LogP contribution in [0.2, 0.25) is 0 Å². The normalized spacial score (nSPS) is 10.4. The molecule has 1 amide bonds. The average molecular weight is 260 g/mol. The molecule has 0 atom stereocenters. The zero-order chi connectivity index (χ0) is 13.7. The first kappa shape index (κ1) is 13.2. The van der Waals surface area contributed by atoms with Crippen LogP contribution in [0.5, 0.6) is 0 Å². The Bertz CT molecular complexity index is 548. The SMILES string of the molecule is CCNCc1cnc(-n2ccc(C(=O)NC)n2)nc1. The quantitative estimate of drug-likeness (QED) is 0.798. The lowest BCUT2D eigenvalue weighted by molar-refractivity contribution is 0.0957. The second-order valence-corrected chi connectivity index (χ2v) is 3.90. The molecule has 0 aliphatic heterocycles.